The summed E-state index contributed by atoms with van der Waals surface area (Å²) in [5, 5.41) is 16.6. The van der Waals surface area contributed by atoms with Crippen molar-refractivity contribution in [3.05, 3.63) is 22.4 Å². The third-order valence-corrected chi connectivity index (χ3v) is 4.00. The first-order valence-corrected chi connectivity index (χ1v) is 6.92. The molecule has 0 aliphatic rings. The van der Waals surface area contributed by atoms with Crippen LogP contribution in [0.15, 0.2) is 22.7 Å². The third-order valence-electron chi connectivity index (χ3n) is 2.06. The van der Waals surface area contributed by atoms with Gasteiger partial charge in [0.15, 0.2) is 0 Å². The molecule has 7 heteroatoms. The predicted octanol–water partition coefficient (Wildman–Crippen LogP) is 0.127. The Hall–Kier alpha value is -0.920. The number of aromatic nitrogens is 4. The van der Waals surface area contributed by atoms with Crippen molar-refractivity contribution in [2.24, 2.45) is 7.05 Å². The quantitative estimate of drug-likeness (QED) is 0.589. The van der Waals surface area contributed by atoms with E-state index in [1.807, 2.05) is 7.05 Å². The van der Waals surface area contributed by atoms with E-state index < -0.39 is 0 Å². The Morgan fingerprint density at radius 3 is 3.19 bits per heavy atom. The van der Waals surface area contributed by atoms with E-state index in [-0.39, 0.29) is 0 Å². The molecule has 86 valence electrons. The maximum Gasteiger partial charge on any atom is 0.209 e. The molecule has 0 saturated heterocycles. The predicted molar refractivity (Wildman–Crippen MR) is 64.3 cm³/mol. The van der Waals surface area contributed by atoms with Gasteiger partial charge in [0.25, 0.3) is 0 Å². The van der Waals surface area contributed by atoms with Crippen LogP contribution in [-0.2, 0) is 13.6 Å². The molecular formula is C9H14N5S2+. The monoisotopic (exact) mass is 256 g/mol. The van der Waals surface area contributed by atoms with E-state index in [0.29, 0.717) is 0 Å². The van der Waals surface area contributed by atoms with Gasteiger partial charge in [-0.05, 0) is 21.9 Å². The maximum atomic E-state index is 3.92. The van der Waals surface area contributed by atoms with E-state index in [1.165, 1.54) is 4.88 Å². The summed E-state index contributed by atoms with van der Waals surface area (Å²) in [5.41, 5.74) is 0. The van der Waals surface area contributed by atoms with Crippen LogP contribution in [0.3, 0.4) is 0 Å². The maximum absolute atomic E-state index is 3.92. The SMILES string of the molecule is Cn1nnnc1SCC[NH2+]Cc1cccs1. The van der Waals surface area contributed by atoms with Gasteiger partial charge < -0.3 is 5.32 Å². The second-order valence-corrected chi connectivity index (χ2v) is 5.39. The molecule has 0 amide bonds. The van der Waals surface area contributed by atoms with Crippen LogP contribution in [0.4, 0.5) is 0 Å². The van der Waals surface area contributed by atoms with Crippen LogP contribution >= 0.6 is 23.1 Å². The number of thiophene rings is 1. The number of nitrogens with two attached hydrogens (primary N) is 1. The summed E-state index contributed by atoms with van der Waals surface area (Å²) in [6.07, 6.45) is 0. The summed E-state index contributed by atoms with van der Waals surface area (Å²) in [4.78, 5) is 1.42. The molecule has 0 aliphatic heterocycles. The number of rotatable bonds is 6. The van der Waals surface area contributed by atoms with Crippen molar-refractivity contribution < 1.29 is 5.32 Å². The highest BCUT2D eigenvalue weighted by Crippen LogP contribution is 2.10. The lowest BCUT2D eigenvalue weighted by Crippen LogP contribution is -2.83. The van der Waals surface area contributed by atoms with E-state index in [2.05, 4.69) is 38.4 Å². The molecule has 2 N–H and O–H groups in total. The van der Waals surface area contributed by atoms with Crippen molar-refractivity contribution >= 4 is 23.1 Å². The first-order chi connectivity index (χ1) is 7.86. The number of hydrogen-bond acceptors (Lipinski definition) is 5. The van der Waals surface area contributed by atoms with Crippen LogP contribution in [0, 0.1) is 0 Å². The molecule has 0 spiro atoms. The molecule has 16 heavy (non-hydrogen) atoms. The molecule has 0 aromatic carbocycles. The molecule has 0 radical (unpaired) electrons. The van der Waals surface area contributed by atoms with Crippen molar-refractivity contribution in [2.45, 2.75) is 11.7 Å². The van der Waals surface area contributed by atoms with E-state index in [9.17, 15) is 0 Å². The Morgan fingerprint density at radius 2 is 2.50 bits per heavy atom. The van der Waals surface area contributed by atoms with Gasteiger partial charge in [0.1, 0.15) is 6.54 Å². The number of thioether (sulfide) groups is 1. The van der Waals surface area contributed by atoms with Crippen molar-refractivity contribution in [3.8, 4) is 0 Å². The first kappa shape index (κ1) is 11.6. The minimum atomic E-state index is 0.879. The number of tetrazole rings is 1. The second kappa shape index (κ2) is 5.97. The Labute approximate surface area is 102 Å². The van der Waals surface area contributed by atoms with Gasteiger partial charge in [-0.25, -0.2) is 4.68 Å². The summed E-state index contributed by atoms with van der Waals surface area (Å²) in [7, 11) is 1.86. The van der Waals surface area contributed by atoms with Crippen molar-refractivity contribution in [1.82, 2.24) is 20.2 Å². The standard InChI is InChI=1S/C9H13N5S2/c1-14-9(11-12-13-14)16-6-4-10-7-8-3-2-5-15-8/h2-3,5,10H,4,6-7H2,1H3/p+1. The zero-order chi connectivity index (χ0) is 11.2. The molecular weight excluding hydrogens is 242 g/mol. The van der Waals surface area contributed by atoms with Crippen LogP contribution in [-0.4, -0.2) is 32.5 Å². The Kier molecular flexibility index (Phi) is 4.32. The molecule has 2 rings (SSSR count). The average Bonchev–Trinajstić information content (AvgIpc) is 2.90. The minimum absolute atomic E-state index is 0.879. The highest BCUT2D eigenvalue weighted by molar-refractivity contribution is 7.99. The van der Waals surface area contributed by atoms with Gasteiger partial charge >= 0.3 is 0 Å². The molecule has 0 atom stereocenters. The minimum Gasteiger partial charge on any atom is -0.341 e. The van der Waals surface area contributed by atoms with Gasteiger partial charge in [-0.3, -0.25) is 0 Å². The molecule has 2 aromatic rings. The normalized spacial score (nSPS) is 10.8. The van der Waals surface area contributed by atoms with E-state index in [1.54, 1.807) is 27.8 Å². The van der Waals surface area contributed by atoms with Crippen LogP contribution < -0.4 is 5.32 Å². The number of hydrogen-bond donors (Lipinski definition) is 1. The first-order valence-electron chi connectivity index (χ1n) is 5.05. The van der Waals surface area contributed by atoms with Gasteiger partial charge in [-0.1, -0.05) is 17.8 Å². The molecule has 0 bridgehead atoms. The molecule has 0 saturated carbocycles. The zero-order valence-electron chi connectivity index (χ0n) is 9.04. The Morgan fingerprint density at radius 1 is 1.56 bits per heavy atom. The van der Waals surface area contributed by atoms with E-state index >= 15 is 0 Å². The summed E-state index contributed by atoms with van der Waals surface area (Å²) >= 11 is 3.50. The molecule has 2 heterocycles. The Balaban J connectivity index is 1.61. The zero-order valence-corrected chi connectivity index (χ0v) is 10.7. The molecule has 5 nitrogen and oxygen atoms in total. The van der Waals surface area contributed by atoms with Crippen LogP contribution in [0.2, 0.25) is 0 Å². The molecule has 0 fully saturated rings. The molecule has 2 aromatic heterocycles. The van der Waals surface area contributed by atoms with Gasteiger partial charge in [-0.2, -0.15) is 0 Å². The topological polar surface area (TPSA) is 60.2 Å². The molecule has 0 unspecified atom stereocenters. The summed E-state index contributed by atoms with van der Waals surface area (Å²) in [6, 6.07) is 4.26. The van der Waals surface area contributed by atoms with E-state index in [4.69, 9.17) is 0 Å². The fraction of sp³-hybridized carbons (Fsp3) is 0.444. The van der Waals surface area contributed by atoms with Crippen LogP contribution in [0.1, 0.15) is 4.88 Å². The van der Waals surface area contributed by atoms with Gasteiger partial charge in [0, 0.05) is 7.05 Å². The third kappa shape index (κ3) is 3.29. The lowest BCUT2D eigenvalue weighted by Gasteiger charge is -1.99. The van der Waals surface area contributed by atoms with Gasteiger partial charge in [-0.15, -0.1) is 16.4 Å². The lowest BCUT2D eigenvalue weighted by atomic mass is 10.4. The number of nitrogens with zero attached hydrogens (tertiary/aromatic N) is 4. The fourth-order valence-corrected chi connectivity index (χ4v) is 2.74. The number of quaternary nitrogens is 1. The smallest absolute Gasteiger partial charge is 0.209 e. The summed E-state index contributed by atoms with van der Waals surface area (Å²) < 4.78 is 1.70. The average molecular weight is 256 g/mol. The molecule has 0 aliphatic carbocycles. The summed E-state index contributed by atoms with van der Waals surface area (Å²) in [6.45, 7) is 2.14. The largest absolute Gasteiger partial charge is 0.341 e. The van der Waals surface area contributed by atoms with E-state index in [0.717, 1.165) is 24.0 Å². The highest BCUT2D eigenvalue weighted by Gasteiger charge is 2.03. The van der Waals surface area contributed by atoms with Crippen molar-refractivity contribution in [2.75, 3.05) is 12.3 Å². The summed E-state index contributed by atoms with van der Waals surface area (Å²) in [5.74, 6) is 1.03. The lowest BCUT2D eigenvalue weighted by molar-refractivity contribution is -0.666. The van der Waals surface area contributed by atoms with Crippen LogP contribution in [0.25, 0.3) is 0 Å². The number of aryl methyl sites for hydroxylation is 1. The fourth-order valence-electron chi connectivity index (χ4n) is 1.25. The van der Waals surface area contributed by atoms with Crippen molar-refractivity contribution in [3.63, 3.8) is 0 Å². The highest BCUT2D eigenvalue weighted by atomic mass is 32.2. The van der Waals surface area contributed by atoms with Gasteiger partial charge in [0.05, 0.1) is 17.2 Å². The second-order valence-electron chi connectivity index (χ2n) is 3.29. The van der Waals surface area contributed by atoms with Gasteiger partial charge in [0.2, 0.25) is 5.16 Å². The Bertz CT molecular complexity index is 411. The van der Waals surface area contributed by atoms with Crippen LogP contribution in [0.5, 0.6) is 0 Å². The van der Waals surface area contributed by atoms with Crippen molar-refractivity contribution in [1.29, 1.82) is 0 Å².